The monoisotopic (exact) mass is 473 g/mol. The van der Waals surface area contributed by atoms with Gasteiger partial charge in [-0.3, -0.25) is 4.79 Å². The molecule has 5 rings (SSSR count). The Morgan fingerprint density at radius 1 is 1.15 bits per heavy atom. The minimum atomic E-state index is -0.156. The fourth-order valence-electron chi connectivity index (χ4n) is 6.46. The maximum atomic E-state index is 12.1. The summed E-state index contributed by atoms with van der Waals surface area (Å²) in [6, 6.07) is 5.80. The van der Waals surface area contributed by atoms with Crippen molar-refractivity contribution >= 4 is 28.5 Å². The van der Waals surface area contributed by atoms with Crippen molar-refractivity contribution in [2.24, 2.45) is 23.5 Å². The standard InChI is InChI=1S/C26H36ClN3O3/c27-20-7-8-21-23(16-20)33-29-25(21)19-10-13-30(14-11-19)12-9-17-3-5-18(6-4-17)24(26(28)31)22-2-1-15-32-22/h7-8,16-19,22,24H,1-6,9-15H2,(H2,28,31)/t17?,18?,22?,24-/m1/s1. The largest absolute Gasteiger partial charge is 0.377 e. The molecule has 2 aromatic rings. The van der Waals surface area contributed by atoms with E-state index in [1.807, 2.05) is 18.2 Å². The molecule has 33 heavy (non-hydrogen) atoms. The third kappa shape index (κ3) is 5.23. The lowest BCUT2D eigenvalue weighted by Crippen LogP contribution is -2.40. The lowest BCUT2D eigenvalue weighted by Gasteiger charge is -2.36. The number of nitrogens with zero attached hydrogens (tertiary/aromatic N) is 2. The fourth-order valence-corrected chi connectivity index (χ4v) is 6.62. The van der Waals surface area contributed by atoms with Crippen LogP contribution in [-0.2, 0) is 9.53 Å². The highest BCUT2D eigenvalue weighted by molar-refractivity contribution is 6.31. The summed E-state index contributed by atoms with van der Waals surface area (Å²) >= 11 is 6.08. The van der Waals surface area contributed by atoms with Crippen LogP contribution < -0.4 is 5.73 Å². The fraction of sp³-hybridized carbons (Fsp3) is 0.692. The normalized spacial score (nSPS) is 28.3. The van der Waals surface area contributed by atoms with Crippen LogP contribution in [0.5, 0.6) is 0 Å². The van der Waals surface area contributed by atoms with Crippen molar-refractivity contribution < 1.29 is 14.1 Å². The van der Waals surface area contributed by atoms with Crippen LogP contribution >= 0.6 is 11.6 Å². The second kappa shape index (κ2) is 10.3. The van der Waals surface area contributed by atoms with Crippen molar-refractivity contribution in [2.45, 2.75) is 69.8 Å². The number of ether oxygens (including phenoxy) is 1. The molecule has 0 spiro atoms. The van der Waals surface area contributed by atoms with Crippen molar-refractivity contribution in [1.82, 2.24) is 10.1 Å². The van der Waals surface area contributed by atoms with Gasteiger partial charge in [-0.15, -0.1) is 0 Å². The number of benzene rings is 1. The van der Waals surface area contributed by atoms with Gasteiger partial charge in [-0.25, -0.2) is 0 Å². The number of piperidine rings is 1. The number of amides is 1. The minimum Gasteiger partial charge on any atom is -0.377 e. The highest BCUT2D eigenvalue weighted by Gasteiger charge is 2.38. The number of rotatable bonds is 7. The van der Waals surface area contributed by atoms with Crippen LogP contribution in [0.1, 0.15) is 69.4 Å². The molecular weight excluding hydrogens is 438 g/mol. The van der Waals surface area contributed by atoms with Gasteiger partial charge in [-0.1, -0.05) is 29.6 Å². The van der Waals surface area contributed by atoms with Gasteiger partial charge in [0, 0.05) is 29.0 Å². The van der Waals surface area contributed by atoms with Gasteiger partial charge < -0.3 is 19.9 Å². The Labute approximate surface area is 201 Å². The molecule has 3 aliphatic rings. The molecule has 0 bridgehead atoms. The van der Waals surface area contributed by atoms with Crippen LogP contribution in [-0.4, -0.2) is 48.3 Å². The van der Waals surface area contributed by atoms with Crippen LogP contribution in [0.25, 0.3) is 11.0 Å². The zero-order valence-corrected chi connectivity index (χ0v) is 20.1. The number of hydrogen-bond acceptors (Lipinski definition) is 5. The van der Waals surface area contributed by atoms with Crippen LogP contribution in [0.2, 0.25) is 5.02 Å². The molecule has 1 aromatic carbocycles. The van der Waals surface area contributed by atoms with Gasteiger partial charge in [0.2, 0.25) is 5.91 Å². The van der Waals surface area contributed by atoms with Crippen LogP contribution in [0.15, 0.2) is 22.7 Å². The van der Waals surface area contributed by atoms with E-state index in [1.54, 1.807) is 0 Å². The van der Waals surface area contributed by atoms with Gasteiger partial charge >= 0.3 is 0 Å². The molecule has 180 valence electrons. The Bertz CT molecular complexity index is 941. The first-order chi connectivity index (χ1) is 16.1. The summed E-state index contributed by atoms with van der Waals surface area (Å²) in [4.78, 5) is 14.7. The van der Waals surface area contributed by atoms with Gasteiger partial charge in [0.05, 0.1) is 17.7 Å². The zero-order chi connectivity index (χ0) is 22.8. The third-order valence-electron chi connectivity index (χ3n) is 8.38. The SMILES string of the molecule is NC(=O)[C@H](C1CCC(CCN2CCC(c3noc4cc(Cl)ccc34)CC2)CC1)C1CCCO1. The molecule has 3 heterocycles. The lowest BCUT2D eigenvalue weighted by molar-refractivity contribution is -0.129. The van der Waals surface area contributed by atoms with E-state index in [4.69, 9.17) is 26.6 Å². The van der Waals surface area contributed by atoms with E-state index in [1.165, 1.54) is 25.8 Å². The Hall–Kier alpha value is -1.63. The number of carbonyl (C=O) groups is 1. The van der Waals surface area contributed by atoms with E-state index in [0.29, 0.717) is 16.9 Å². The van der Waals surface area contributed by atoms with Gasteiger partial charge in [0.25, 0.3) is 0 Å². The molecule has 1 saturated carbocycles. The highest BCUT2D eigenvalue weighted by atomic mass is 35.5. The molecule has 2 atom stereocenters. The van der Waals surface area contributed by atoms with Gasteiger partial charge in [0.1, 0.15) is 0 Å². The molecule has 1 aliphatic carbocycles. The number of hydrogen-bond donors (Lipinski definition) is 1. The average molecular weight is 474 g/mol. The molecule has 6 nitrogen and oxygen atoms in total. The summed E-state index contributed by atoms with van der Waals surface area (Å²) < 4.78 is 11.3. The number of nitrogens with two attached hydrogens (primary N) is 1. The number of halogens is 1. The molecular formula is C26H36ClN3O3. The molecule has 1 amide bonds. The highest BCUT2D eigenvalue weighted by Crippen LogP contribution is 2.39. The number of fused-ring (bicyclic) bond motifs is 1. The van der Waals surface area contributed by atoms with Gasteiger partial charge in [-0.05, 0) is 88.5 Å². The lowest BCUT2D eigenvalue weighted by atomic mass is 9.72. The number of likely N-dealkylation sites (tertiary alicyclic amines) is 1. The van der Waals surface area contributed by atoms with Crippen molar-refractivity contribution in [2.75, 3.05) is 26.2 Å². The Morgan fingerprint density at radius 3 is 2.64 bits per heavy atom. The van der Waals surface area contributed by atoms with Crippen molar-refractivity contribution in [3.63, 3.8) is 0 Å². The van der Waals surface area contributed by atoms with Crippen LogP contribution in [0.4, 0.5) is 0 Å². The van der Waals surface area contributed by atoms with Crippen LogP contribution in [0.3, 0.4) is 0 Å². The zero-order valence-electron chi connectivity index (χ0n) is 19.4. The van der Waals surface area contributed by atoms with Crippen molar-refractivity contribution in [3.8, 4) is 0 Å². The second-order valence-electron chi connectivity index (χ2n) is 10.4. The van der Waals surface area contributed by atoms with Crippen molar-refractivity contribution in [1.29, 1.82) is 0 Å². The molecule has 2 N–H and O–H groups in total. The summed E-state index contributed by atoms with van der Waals surface area (Å²) in [6.45, 7) is 4.18. The molecule has 0 radical (unpaired) electrons. The molecule has 7 heteroatoms. The minimum absolute atomic E-state index is 0.0594. The molecule has 3 fully saturated rings. The molecule has 1 aromatic heterocycles. The predicted molar refractivity (Wildman–Crippen MR) is 129 cm³/mol. The predicted octanol–water partition coefficient (Wildman–Crippen LogP) is 5.14. The van der Waals surface area contributed by atoms with E-state index in [-0.39, 0.29) is 17.9 Å². The maximum absolute atomic E-state index is 12.1. The smallest absolute Gasteiger partial charge is 0.223 e. The Morgan fingerprint density at radius 2 is 1.94 bits per heavy atom. The molecule has 2 saturated heterocycles. The quantitative estimate of drug-likeness (QED) is 0.602. The first-order valence-electron chi connectivity index (χ1n) is 12.8. The summed E-state index contributed by atoms with van der Waals surface area (Å²) in [5, 5.41) is 6.16. The molecule has 2 aliphatic heterocycles. The number of primary amides is 1. The number of carbonyl (C=O) groups excluding carboxylic acids is 1. The maximum Gasteiger partial charge on any atom is 0.223 e. The number of aromatic nitrogens is 1. The van der Waals surface area contributed by atoms with Gasteiger partial charge in [-0.2, -0.15) is 0 Å². The summed E-state index contributed by atoms with van der Waals surface area (Å²) in [5.41, 5.74) is 7.66. The Kier molecular flexibility index (Phi) is 7.24. The van der Waals surface area contributed by atoms with E-state index in [0.717, 1.165) is 80.8 Å². The summed E-state index contributed by atoms with van der Waals surface area (Å²) in [6.07, 6.45) is 10.3. The molecule has 1 unspecified atom stereocenters. The topological polar surface area (TPSA) is 81.6 Å². The average Bonchev–Trinajstić information content (AvgIpc) is 3.49. The van der Waals surface area contributed by atoms with Gasteiger partial charge in [0.15, 0.2) is 5.58 Å². The first-order valence-corrected chi connectivity index (χ1v) is 13.1. The third-order valence-corrected chi connectivity index (χ3v) is 8.62. The first kappa shape index (κ1) is 23.1. The summed E-state index contributed by atoms with van der Waals surface area (Å²) in [7, 11) is 0. The van der Waals surface area contributed by atoms with Crippen LogP contribution in [0, 0.1) is 17.8 Å². The van der Waals surface area contributed by atoms with E-state index in [2.05, 4.69) is 10.1 Å². The van der Waals surface area contributed by atoms with E-state index < -0.39 is 0 Å². The Balaban J connectivity index is 1.06. The second-order valence-corrected chi connectivity index (χ2v) is 10.8. The summed E-state index contributed by atoms with van der Waals surface area (Å²) in [5.74, 6) is 1.39. The van der Waals surface area contributed by atoms with E-state index >= 15 is 0 Å². The van der Waals surface area contributed by atoms with E-state index in [9.17, 15) is 4.79 Å². The van der Waals surface area contributed by atoms with Crippen molar-refractivity contribution in [3.05, 3.63) is 28.9 Å².